The van der Waals surface area contributed by atoms with Crippen molar-refractivity contribution in [2.24, 2.45) is 5.92 Å². The molecule has 23 heavy (non-hydrogen) atoms. The highest BCUT2D eigenvalue weighted by Crippen LogP contribution is 2.32. The van der Waals surface area contributed by atoms with Gasteiger partial charge in [0.05, 0.1) is 13.0 Å². The minimum atomic E-state index is -1.54. The van der Waals surface area contributed by atoms with Crippen molar-refractivity contribution in [1.82, 2.24) is 9.55 Å². The highest BCUT2D eigenvalue weighted by Gasteiger charge is 2.39. The fourth-order valence-electron chi connectivity index (χ4n) is 2.40. The molecule has 0 bridgehead atoms. The van der Waals surface area contributed by atoms with Gasteiger partial charge in [-0.25, -0.2) is 4.98 Å². The lowest BCUT2D eigenvalue weighted by Crippen LogP contribution is -2.37. The van der Waals surface area contributed by atoms with Crippen LogP contribution < -0.4 is 0 Å². The summed E-state index contributed by atoms with van der Waals surface area (Å²) in [6.45, 7) is 4.16. The van der Waals surface area contributed by atoms with Gasteiger partial charge >= 0.3 is 5.97 Å². The first-order chi connectivity index (χ1) is 10.9. The Kier molecular flexibility index (Phi) is 5.52. The largest absolute Gasteiger partial charge is 0.481 e. The Bertz CT molecular complexity index is 639. The normalized spacial score (nSPS) is 13.9. The topological polar surface area (TPSA) is 84.6 Å². The number of ether oxygens (including phenoxy) is 1. The number of rotatable bonds is 8. The number of carboxylic acid groups (broad SMARTS) is 1. The van der Waals surface area contributed by atoms with E-state index in [1.807, 2.05) is 30.3 Å². The third kappa shape index (κ3) is 4.18. The molecule has 2 aromatic rings. The van der Waals surface area contributed by atoms with Gasteiger partial charge < -0.3 is 19.5 Å². The number of aromatic nitrogens is 2. The molecule has 1 unspecified atom stereocenters. The summed E-state index contributed by atoms with van der Waals surface area (Å²) in [5.74, 6) is -1.06. The number of hydrogen-bond donors (Lipinski definition) is 2. The van der Waals surface area contributed by atoms with Gasteiger partial charge in [-0.3, -0.25) is 4.79 Å². The average Bonchev–Trinajstić information content (AvgIpc) is 2.96. The number of carbonyl (C=O) groups is 1. The van der Waals surface area contributed by atoms with Crippen LogP contribution in [0.15, 0.2) is 42.7 Å². The molecule has 0 amide bonds. The fourth-order valence-corrected chi connectivity index (χ4v) is 2.40. The lowest BCUT2D eigenvalue weighted by Gasteiger charge is -2.30. The molecule has 0 aliphatic rings. The van der Waals surface area contributed by atoms with Crippen molar-refractivity contribution in [3.63, 3.8) is 0 Å². The molecule has 0 aliphatic heterocycles. The Balaban J connectivity index is 2.10. The second-order valence-corrected chi connectivity index (χ2v) is 5.83. The van der Waals surface area contributed by atoms with Gasteiger partial charge in [-0.2, -0.15) is 0 Å². The second-order valence-electron chi connectivity index (χ2n) is 5.83. The van der Waals surface area contributed by atoms with E-state index < -0.39 is 18.0 Å². The van der Waals surface area contributed by atoms with Crippen molar-refractivity contribution >= 4 is 5.97 Å². The third-order valence-electron chi connectivity index (χ3n) is 3.82. The molecule has 1 heterocycles. The molecule has 0 saturated carbocycles. The smallest absolute Gasteiger partial charge is 0.306 e. The number of nitrogens with zero attached hydrogens (tertiary/aromatic N) is 2. The average molecular weight is 318 g/mol. The van der Waals surface area contributed by atoms with E-state index in [1.165, 1.54) is 6.20 Å². The van der Waals surface area contributed by atoms with Crippen molar-refractivity contribution in [3.05, 3.63) is 54.1 Å². The molecule has 1 atom stereocenters. The first-order valence-corrected chi connectivity index (χ1v) is 7.51. The number of aliphatic hydroxyl groups is 1. The zero-order valence-corrected chi connectivity index (χ0v) is 13.3. The van der Waals surface area contributed by atoms with E-state index in [4.69, 9.17) is 9.84 Å². The van der Waals surface area contributed by atoms with E-state index in [2.05, 4.69) is 4.98 Å². The van der Waals surface area contributed by atoms with E-state index >= 15 is 0 Å². The summed E-state index contributed by atoms with van der Waals surface area (Å²) in [5, 5.41) is 19.9. The highest BCUT2D eigenvalue weighted by molar-refractivity contribution is 5.68. The van der Waals surface area contributed by atoms with Gasteiger partial charge in [0.1, 0.15) is 18.2 Å². The van der Waals surface area contributed by atoms with Crippen molar-refractivity contribution < 1.29 is 19.7 Å². The number of imidazole rings is 1. The van der Waals surface area contributed by atoms with Crippen LogP contribution in [0, 0.1) is 5.92 Å². The Labute approximate surface area is 135 Å². The van der Waals surface area contributed by atoms with Crippen LogP contribution in [0.3, 0.4) is 0 Å². The zero-order valence-electron chi connectivity index (χ0n) is 13.3. The van der Waals surface area contributed by atoms with E-state index in [1.54, 1.807) is 24.6 Å². The molecule has 6 nitrogen and oxygen atoms in total. The number of aliphatic carboxylic acids is 1. The van der Waals surface area contributed by atoms with Crippen molar-refractivity contribution in [1.29, 1.82) is 0 Å². The SMILES string of the molecule is CC(C)C(O)(CC(=O)O)c1nccn1COCc1ccccc1. The monoisotopic (exact) mass is 318 g/mol. The van der Waals surface area contributed by atoms with Crippen molar-refractivity contribution in [2.75, 3.05) is 0 Å². The molecule has 2 N–H and O–H groups in total. The van der Waals surface area contributed by atoms with E-state index in [9.17, 15) is 9.90 Å². The minimum absolute atomic E-state index is 0.193. The van der Waals surface area contributed by atoms with E-state index in [0.717, 1.165) is 5.56 Å². The number of hydrogen-bond acceptors (Lipinski definition) is 4. The van der Waals surface area contributed by atoms with Gasteiger partial charge in [-0.1, -0.05) is 44.2 Å². The molecule has 0 radical (unpaired) electrons. The maximum atomic E-state index is 11.1. The molecule has 0 fully saturated rings. The van der Waals surface area contributed by atoms with Crippen LogP contribution in [0.2, 0.25) is 0 Å². The number of carboxylic acids is 1. The lowest BCUT2D eigenvalue weighted by atomic mass is 9.86. The van der Waals surface area contributed by atoms with Gasteiger partial charge in [-0.05, 0) is 11.5 Å². The maximum absolute atomic E-state index is 11.1. The summed E-state index contributed by atoms with van der Waals surface area (Å²) in [7, 11) is 0. The summed E-state index contributed by atoms with van der Waals surface area (Å²) in [6.07, 6.45) is 2.81. The van der Waals surface area contributed by atoms with Crippen LogP contribution in [-0.2, 0) is 28.5 Å². The minimum Gasteiger partial charge on any atom is -0.481 e. The van der Waals surface area contributed by atoms with Crippen LogP contribution in [0.1, 0.15) is 31.7 Å². The standard InChI is InChI=1S/C17H22N2O4/c1-13(2)17(22,10-15(20)21)16-18-8-9-19(16)12-23-11-14-6-4-3-5-7-14/h3-9,13,22H,10-12H2,1-2H3,(H,20,21). The van der Waals surface area contributed by atoms with Gasteiger partial charge in [0.2, 0.25) is 0 Å². The van der Waals surface area contributed by atoms with E-state index in [0.29, 0.717) is 12.4 Å². The third-order valence-corrected chi connectivity index (χ3v) is 3.82. The fraction of sp³-hybridized carbons (Fsp3) is 0.412. The molecule has 1 aromatic carbocycles. The highest BCUT2D eigenvalue weighted by atomic mass is 16.5. The predicted octanol–water partition coefficient (Wildman–Crippen LogP) is 2.38. The van der Waals surface area contributed by atoms with Gasteiger partial charge in [0, 0.05) is 12.4 Å². The van der Waals surface area contributed by atoms with Crippen LogP contribution in [0.4, 0.5) is 0 Å². The lowest BCUT2D eigenvalue weighted by molar-refractivity contribution is -0.146. The summed E-state index contributed by atoms with van der Waals surface area (Å²) in [5.41, 5.74) is -0.496. The van der Waals surface area contributed by atoms with Crippen molar-refractivity contribution in [3.8, 4) is 0 Å². The van der Waals surface area contributed by atoms with Crippen LogP contribution in [0.25, 0.3) is 0 Å². The van der Waals surface area contributed by atoms with Gasteiger partial charge in [0.15, 0.2) is 0 Å². The summed E-state index contributed by atoms with van der Waals surface area (Å²) in [6, 6.07) is 9.73. The Morgan fingerprint density at radius 3 is 2.65 bits per heavy atom. The maximum Gasteiger partial charge on any atom is 0.306 e. The van der Waals surface area contributed by atoms with Crippen LogP contribution >= 0.6 is 0 Å². The summed E-state index contributed by atoms with van der Waals surface area (Å²) >= 11 is 0. The van der Waals surface area contributed by atoms with Crippen LogP contribution in [0.5, 0.6) is 0 Å². The second kappa shape index (κ2) is 7.39. The van der Waals surface area contributed by atoms with E-state index in [-0.39, 0.29) is 12.6 Å². The summed E-state index contributed by atoms with van der Waals surface area (Å²) < 4.78 is 7.29. The van der Waals surface area contributed by atoms with Crippen molar-refractivity contribution in [2.45, 2.75) is 39.2 Å². The molecule has 0 aliphatic carbocycles. The molecule has 0 spiro atoms. The quantitative estimate of drug-likeness (QED) is 0.780. The first kappa shape index (κ1) is 17.2. The molecule has 124 valence electrons. The molecule has 6 heteroatoms. The van der Waals surface area contributed by atoms with Gasteiger partial charge in [0.25, 0.3) is 0 Å². The molecule has 0 saturated heterocycles. The van der Waals surface area contributed by atoms with Crippen LogP contribution in [-0.4, -0.2) is 25.7 Å². The molecule has 1 aromatic heterocycles. The molecular formula is C17H22N2O4. The van der Waals surface area contributed by atoms with Gasteiger partial charge in [-0.15, -0.1) is 0 Å². The Hall–Kier alpha value is -2.18. The summed E-state index contributed by atoms with van der Waals surface area (Å²) in [4.78, 5) is 15.3. The zero-order chi connectivity index (χ0) is 16.9. The Morgan fingerprint density at radius 1 is 1.35 bits per heavy atom. The molecular weight excluding hydrogens is 296 g/mol. The Morgan fingerprint density at radius 2 is 2.04 bits per heavy atom. The molecule has 2 rings (SSSR count). The predicted molar refractivity (Wildman–Crippen MR) is 84.4 cm³/mol. The number of benzene rings is 1. The first-order valence-electron chi connectivity index (χ1n) is 7.51.